The van der Waals surface area contributed by atoms with Crippen molar-refractivity contribution in [1.29, 1.82) is 0 Å². The summed E-state index contributed by atoms with van der Waals surface area (Å²) >= 11 is 0. The van der Waals surface area contributed by atoms with Gasteiger partial charge in [0.2, 0.25) is 0 Å². The van der Waals surface area contributed by atoms with Crippen molar-refractivity contribution in [2.75, 3.05) is 6.61 Å². The Morgan fingerprint density at radius 3 is 2.47 bits per heavy atom. The molecule has 0 radical (unpaired) electrons. The van der Waals surface area contributed by atoms with Gasteiger partial charge >= 0.3 is 0 Å². The number of rotatable bonds is 5. The minimum absolute atomic E-state index is 0.184. The first kappa shape index (κ1) is 13.8. The smallest absolute Gasteiger partial charge is 0.267 e. The number of aromatic nitrogens is 1. The van der Waals surface area contributed by atoms with E-state index in [9.17, 15) is 8.42 Å². The predicted octanol–water partition coefficient (Wildman–Crippen LogP) is 0.587. The van der Waals surface area contributed by atoms with Crippen LogP contribution in [0.25, 0.3) is 0 Å². The van der Waals surface area contributed by atoms with E-state index in [1.165, 1.54) is 10.2 Å². The molecule has 19 heavy (non-hydrogen) atoms. The number of benzene rings is 1. The quantitative estimate of drug-likeness (QED) is 0.839. The second kappa shape index (κ2) is 5.56. The molecule has 0 aliphatic carbocycles. The molecule has 0 aliphatic heterocycles. The van der Waals surface area contributed by atoms with Crippen molar-refractivity contribution in [2.24, 2.45) is 5.73 Å². The van der Waals surface area contributed by atoms with E-state index >= 15 is 0 Å². The molecule has 1 heterocycles. The largest absolute Gasteiger partial charge is 0.395 e. The highest BCUT2D eigenvalue weighted by molar-refractivity contribution is 7.90. The van der Waals surface area contributed by atoms with Gasteiger partial charge in [-0.15, -0.1) is 0 Å². The molecule has 0 fully saturated rings. The van der Waals surface area contributed by atoms with E-state index < -0.39 is 16.1 Å². The number of nitrogens with two attached hydrogens (primary N) is 1. The third-order valence-corrected chi connectivity index (χ3v) is 4.54. The molecule has 1 aromatic heterocycles. The van der Waals surface area contributed by atoms with E-state index in [1.54, 1.807) is 42.5 Å². The average Bonchev–Trinajstić information content (AvgIpc) is 2.88. The third kappa shape index (κ3) is 2.86. The maximum atomic E-state index is 12.4. The molecule has 2 aromatic rings. The van der Waals surface area contributed by atoms with Crippen molar-refractivity contribution < 1.29 is 13.5 Å². The number of hydrogen-bond acceptors (Lipinski definition) is 4. The van der Waals surface area contributed by atoms with Gasteiger partial charge in [0.05, 0.1) is 11.5 Å². The van der Waals surface area contributed by atoms with Gasteiger partial charge in [-0.2, -0.15) is 0 Å². The summed E-state index contributed by atoms with van der Waals surface area (Å²) in [6.07, 6.45) is 1.79. The van der Waals surface area contributed by atoms with E-state index in [0.717, 1.165) is 0 Å². The Bertz CT molecular complexity index is 635. The number of hydrogen-bond donors (Lipinski definition) is 2. The van der Waals surface area contributed by atoms with Gasteiger partial charge in [0.25, 0.3) is 10.0 Å². The van der Waals surface area contributed by atoms with Crippen LogP contribution >= 0.6 is 0 Å². The molecule has 0 saturated heterocycles. The van der Waals surface area contributed by atoms with Crippen molar-refractivity contribution in [3.05, 3.63) is 54.4 Å². The number of nitrogens with zero attached hydrogens (tertiary/aromatic N) is 1. The summed E-state index contributed by atoms with van der Waals surface area (Å²) in [7, 11) is -3.60. The van der Waals surface area contributed by atoms with Crippen LogP contribution in [0.15, 0.2) is 53.6 Å². The molecule has 2 rings (SSSR count). The van der Waals surface area contributed by atoms with E-state index in [4.69, 9.17) is 10.8 Å². The summed E-state index contributed by atoms with van der Waals surface area (Å²) < 4.78 is 26.1. The fourth-order valence-corrected chi connectivity index (χ4v) is 3.24. The molecular formula is C13H16N2O3S. The summed E-state index contributed by atoms with van der Waals surface area (Å²) in [4.78, 5) is 0.227. The SMILES string of the molecule is NC(CO)Cc1cccn1S(=O)(=O)c1ccccc1. The lowest BCUT2D eigenvalue weighted by molar-refractivity contribution is 0.264. The van der Waals surface area contributed by atoms with Crippen LogP contribution in [0.4, 0.5) is 0 Å². The molecule has 5 nitrogen and oxygen atoms in total. The minimum Gasteiger partial charge on any atom is -0.395 e. The lowest BCUT2D eigenvalue weighted by Crippen LogP contribution is -2.29. The normalized spacial score (nSPS) is 13.4. The van der Waals surface area contributed by atoms with Crippen molar-refractivity contribution in [1.82, 2.24) is 3.97 Å². The van der Waals surface area contributed by atoms with Crippen LogP contribution < -0.4 is 5.73 Å². The minimum atomic E-state index is -3.60. The average molecular weight is 280 g/mol. The molecular weight excluding hydrogens is 264 g/mol. The molecule has 1 unspecified atom stereocenters. The van der Waals surface area contributed by atoms with E-state index in [-0.39, 0.29) is 11.5 Å². The van der Waals surface area contributed by atoms with Crippen LogP contribution in [0.2, 0.25) is 0 Å². The Kier molecular flexibility index (Phi) is 4.04. The van der Waals surface area contributed by atoms with Crippen LogP contribution in [0.5, 0.6) is 0 Å². The Labute approximate surface area is 112 Å². The van der Waals surface area contributed by atoms with Gasteiger partial charge in [0.15, 0.2) is 0 Å². The highest BCUT2D eigenvalue weighted by atomic mass is 32.2. The Balaban J connectivity index is 2.40. The summed E-state index contributed by atoms with van der Waals surface area (Å²) in [5.74, 6) is 0. The highest BCUT2D eigenvalue weighted by Gasteiger charge is 2.19. The molecule has 0 bridgehead atoms. The Hall–Kier alpha value is -1.63. The van der Waals surface area contributed by atoms with Gasteiger partial charge < -0.3 is 10.8 Å². The second-order valence-corrected chi connectivity index (χ2v) is 6.08. The predicted molar refractivity (Wildman–Crippen MR) is 72.2 cm³/mol. The van der Waals surface area contributed by atoms with E-state index in [1.807, 2.05) is 0 Å². The van der Waals surface area contributed by atoms with Gasteiger partial charge in [-0.3, -0.25) is 0 Å². The zero-order chi connectivity index (χ0) is 13.9. The lowest BCUT2D eigenvalue weighted by Gasteiger charge is -2.13. The topological polar surface area (TPSA) is 85.3 Å². The third-order valence-electron chi connectivity index (χ3n) is 2.80. The molecule has 1 aromatic carbocycles. The molecule has 0 spiro atoms. The molecule has 3 N–H and O–H groups in total. The maximum absolute atomic E-state index is 12.4. The van der Waals surface area contributed by atoms with E-state index in [2.05, 4.69) is 0 Å². The maximum Gasteiger partial charge on any atom is 0.267 e. The first-order chi connectivity index (χ1) is 9.05. The standard InChI is InChI=1S/C13H16N2O3S/c14-11(10-16)9-12-5-4-8-15(12)19(17,18)13-6-2-1-3-7-13/h1-8,11,16H,9-10,14H2. The summed E-state index contributed by atoms with van der Waals surface area (Å²) in [6, 6.07) is 11.1. The molecule has 0 amide bonds. The zero-order valence-electron chi connectivity index (χ0n) is 10.3. The highest BCUT2D eigenvalue weighted by Crippen LogP contribution is 2.17. The van der Waals surface area contributed by atoms with Crippen LogP contribution in [-0.4, -0.2) is 30.1 Å². The molecule has 0 aliphatic rings. The van der Waals surface area contributed by atoms with Crippen molar-refractivity contribution in [2.45, 2.75) is 17.4 Å². The summed E-state index contributed by atoms with van der Waals surface area (Å²) in [6.45, 7) is -0.184. The first-order valence-corrected chi connectivity index (χ1v) is 7.33. The van der Waals surface area contributed by atoms with Crippen molar-refractivity contribution in [3.63, 3.8) is 0 Å². The Morgan fingerprint density at radius 1 is 1.16 bits per heavy atom. The van der Waals surface area contributed by atoms with Crippen LogP contribution in [0, 0.1) is 0 Å². The summed E-state index contributed by atoms with van der Waals surface area (Å²) in [5.41, 5.74) is 6.22. The molecule has 6 heteroatoms. The fraction of sp³-hybridized carbons (Fsp3) is 0.231. The Morgan fingerprint density at radius 2 is 1.84 bits per heavy atom. The zero-order valence-corrected chi connectivity index (χ0v) is 11.1. The van der Waals surface area contributed by atoms with Gasteiger partial charge in [0.1, 0.15) is 0 Å². The number of aliphatic hydroxyl groups excluding tert-OH is 1. The van der Waals surface area contributed by atoms with Gasteiger partial charge in [-0.1, -0.05) is 18.2 Å². The molecule has 1 atom stereocenters. The number of aliphatic hydroxyl groups is 1. The van der Waals surface area contributed by atoms with Crippen LogP contribution in [0.1, 0.15) is 5.69 Å². The lowest BCUT2D eigenvalue weighted by atomic mass is 10.2. The fourth-order valence-electron chi connectivity index (χ4n) is 1.83. The molecule has 102 valence electrons. The van der Waals surface area contributed by atoms with E-state index in [0.29, 0.717) is 12.1 Å². The van der Waals surface area contributed by atoms with Crippen molar-refractivity contribution >= 4 is 10.0 Å². The summed E-state index contributed by atoms with van der Waals surface area (Å²) in [5, 5.41) is 8.96. The second-order valence-electron chi connectivity index (χ2n) is 4.26. The van der Waals surface area contributed by atoms with Crippen LogP contribution in [-0.2, 0) is 16.4 Å². The molecule has 0 saturated carbocycles. The van der Waals surface area contributed by atoms with Gasteiger partial charge in [0, 0.05) is 24.4 Å². The van der Waals surface area contributed by atoms with Crippen molar-refractivity contribution in [3.8, 4) is 0 Å². The van der Waals surface area contributed by atoms with Gasteiger partial charge in [-0.05, 0) is 24.3 Å². The first-order valence-electron chi connectivity index (χ1n) is 5.89. The monoisotopic (exact) mass is 280 g/mol. The van der Waals surface area contributed by atoms with Crippen LogP contribution in [0.3, 0.4) is 0 Å². The van der Waals surface area contributed by atoms with Gasteiger partial charge in [-0.25, -0.2) is 12.4 Å².